The van der Waals surface area contributed by atoms with E-state index in [9.17, 15) is 4.79 Å². The highest BCUT2D eigenvalue weighted by Gasteiger charge is 2.15. The van der Waals surface area contributed by atoms with Crippen molar-refractivity contribution in [2.75, 3.05) is 13.2 Å². The Balaban J connectivity index is 1.46. The molecule has 1 aliphatic heterocycles. The second-order valence-electron chi connectivity index (χ2n) is 6.70. The van der Waals surface area contributed by atoms with E-state index in [0.29, 0.717) is 18.3 Å². The van der Waals surface area contributed by atoms with Crippen molar-refractivity contribution in [1.29, 1.82) is 0 Å². The minimum Gasteiger partial charge on any atom is -0.462 e. The number of esters is 1. The van der Waals surface area contributed by atoms with Gasteiger partial charge in [-0.25, -0.2) is 9.48 Å². The molecule has 138 valence electrons. The van der Waals surface area contributed by atoms with Crippen molar-refractivity contribution in [3.05, 3.63) is 47.3 Å². The van der Waals surface area contributed by atoms with Gasteiger partial charge in [-0.15, -0.1) is 5.10 Å². The number of carbonyl (C=O) groups excluding carboxylic acids is 1. The summed E-state index contributed by atoms with van der Waals surface area (Å²) in [4.78, 5) is 11.9. The average molecular weight is 355 g/mol. The van der Waals surface area contributed by atoms with Gasteiger partial charge in [0.15, 0.2) is 5.82 Å². The Morgan fingerprint density at radius 2 is 2.19 bits per heavy atom. The van der Waals surface area contributed by atoms with Crippen LogP contribution in [0.3, 0.4) is 0 Å². The van der Waals surface area contributed by atoms with Crippen LogP contribution in [-0.2, 0) is 16.0 Å². The lowest BCUT2D eigenvalue weighted by molar-refractivity contribution is -0.137. The SMILES string of the molecule is CC(C)n1nnnc1CCOC(=O)/C=C/c1ccc([C@@H]2CCCN2)cc1. The van der Waals surface area contributed by atoms with Crippen LogP contribution in [0.2, 0.25) is 0 Å². The van der Waals surface area contributed by atoms with Crippen molar-refractivity contribution in [3.8, 4) is 0 Å². The fourth-order valence-electron chi connectivity index (χ4n) is 3.04. The van der Waals surface area contributed by atoms with Crippen molar-refractivity contribution in [3.63, 3.8) is 0 Å². The number of benzene rings is 1. The number of rotatable bonds is 7. The van der Waals surface area contributed by atoms with E-state index in [1.807, 2.05) is 26.0 Å². The number of nitrogens with one attached hydrogen (secondary N) is 1. The minimum absolute atomic E-state index is 0.179. The van der Waals surface area contributed by atoms with Crippen LogP contribution >= 0.6 is 0 Å². The molecule has 0 spiro atoms. The van der Waals surface area contributed by atoms with Gasteiger partial charge in [-0.2, -0.15) is 0 Å². The quantitative estimate of drug-likeness (QED) is 0.607. The monoisotopic (exact) mass is 355 g/mol. The van der Waals surface area contributed by atoms with Crippen LogP contribution in [0.15, 0.2) is 30.3 Å². The van der Waals surface area contributed by atoms with Crippen LogP contribution in [0.4, 0.5) is 0 Å². The molecule has 0 aliphatic carbocycles. The van der Waals surface area contributed by atoms with Crippen molar-refractivity contribution < 1.29 is 9.53 Å². The molecule has 1 atom stereocenters. The Morgan fingerprint density at radius 1 is 1.38 bits per heavy atom. The average Bonchev–Trinajstić information content (AvgIpc) is 3.32. The zero-order chi connectivity index (χ0) is 18.4. The number of tetrazole rings is 1. The molecule has 1 aromatic heterocycles. The largest absolute Gasteiger partial charge is 0.462 e. The normalized spacial score (nSPS) is 17.3. The molecule has 0 saturated carbocycles. The number of carbonyl (C=O) groups is 1. The number of aromatic nitrogens is 4. The highest BCUT2D eigenvalue weighted by atomic mass is 16.5. The molecule has 0 unspecified atom stereocenters. The Kier molecular flexibility index (Phi) is 6.12. The second-order valence-corrected chi connectivity index (χ2v) is 6.70. The minimum atomic E-state index is -0.366. The van der Waals surface area contributed by atoms with E-state index in [0.717, 1.165) is 12.1 Å². The molecule has 3 rings (SSSR count). The van der Waals surface area contributed by atoms with Gasteiger partial charge in [0.25, 0.3) is 0 Å². The lowest BCUT2D eigenvalue weighted by Gasteiger charge is -2.10. The summed E-state index contributed by atoms with van der Waals surface area (Å²) in [7, 11) is 0. The van der Waals surface area contributed by atoms with Crippen LogP contribution in [0.1, 0.15) is 55.7 Å². The van der Waals surface area contributed by atoms with Gasteiger partial charge in [0.1, 0.15) is 0 Å². The van der Waals surface area contributed by atoms with E-state index in [-0.39, 0.29) is 18.6 Å². The van der Waals surface area contributed by atoms with E-state index in [1.54, 1.807) is 10.8 Å². The maximum Gasteiger partial charge on any atom is 0.330 e. The summed E-state index contributed by atoms with van der Waals surface area (Å²) in [6.07, 6.45) is 6.12. The first-order chi connectivity index (χ1) is 12.6. The first-order valence-electron chi connectivity index (χ1n) is 9.08. The van der Waals surface area contributed by atoms with Gasteiger partial charge >= 0.3 is 5.97 Å². The molecular weight excluding hydrogens is 330 g/mol. The van der Waals surface area contributed by atoms with E-state index >= 15 is 0 Å². The van der Waals surface area contributed by atoms with E-state index in [4.69, 9.17) is 4.74 Å². The predicted octanol–water partition coefficient (Wildman–Crippen LogP) is 2.48. The molecule has 2 heterocycles. The summed E-state index contributed by atoms with van der Waals surface area (Å²) < 4.78 is 6.96. The third-order valence-electron chi connectivity index (χ3n) is 4.43. The van der Waals surface area contributed by atoms with Crippen molar-refractivity contribution in [1.82, 2.24) is 25.5 Å². The Morgan fingerprint density at radius 3 is 2.88 bits per heavy atom. The molecule has 1 N–H and O–H groups in total. The number of hydrogen-bond donors (Lipinski definition) is 1. The highest BCUT2D eigenvalue weighted by Crippen LogP contribution is 2.23. The van der Waals surface area contributed by atoms with Gasteiger partial charge in [-0.3, -0.25) is 0 Å². The summed E-state index contributed by atoms with van der Waals surface area (Å²) in [6, 6.07) is 8.91. The van der Waals surface area contributed by atoms with Crippen LogP contribution in [-0.4, -0.2) is 39.3 Å². The standard InChI is InChI=1S/C19H25N5O2/c1-14(2)24-18(21-22-23-24)11-13-26-19(25)10-7-15-5-8-16(9-6-15)17-4-3-12-20-17/h5-10,14,17,20H,3-4,11-13H2,1-2H3/b10-7+/t17-/m0/s1. The molecule has 2 aromatic rings. The molecule has 26 heavy (non-hydrogen) atoms. The third kappa shape index (κ3) is 4.76. The second kappa shape index (κ2) is 8.71. The first kappa shape index (κ1) is 18.3. The smallest absolute Gasteiger partial charge is 0.330 e. The lowest BCUT2D eigenvalue weighted by atomic mass is 10.0. The zero-order valence-corrected chi connectivity index (χ0v) is 15.3. The van der Waals surface area contributed by atoms with Crippen molar-refractivity contribution >= 4 is 12.0 Å². The van der Waals surface area contributed by atoms with Crippen LogP contribution in [0.5, 0.6) is 0 Å². The third-order valence-corrected chi connectivity index (χ3v) is 4.43. The van der Waals surface area contributed by atoms with Gasteiger partial charge in [0.2, 0.25) is 0 Å². The predicted molar refractivity (Wildman–Crippen MR) is 98.3 cm³/mol. The number of nitrogens with zero attached hydrogens (tertiary/aromatic N) is 4. The Labute approximate surface area is 153 Å². The van der Waals surface area contributed by atoms with E-state index < -0.39 is 0 Å². The molecule has 0 radical (unpaired) electrons. The summed E-state index contributed by atoms with van der Waals surface area (Å²) in [5.74, 6) is 0.350. The summed E-state index contributed by atoms with van der Waals surface area (Å²) in [6.45, 7) is 5.34. The maximum atomic E-state index is 11.9. The molecule has 0 bridgehead atoms. The van der Waals surface area contributed by atoms with Crippen LogP contribution in [0, 0.1) is 0 Å². The van der Waals surface area contributed by atoms with Gasteiger partial charge in [0.05, 0.1) is 12.6 Å². The molecule has 1 fully saturated rings. The molecule has 0 amide bonds. The maximum absolute atomic E-state index is 11.9. The zero-order valence-electron chi connectivity index (χ0n) is 15.3. The van der Waals surface area contributed by atoms with E-state index in [1.165, 1.54) is 24.5 Å². The molecular formula is C19H25N5O2. The van der Waals surface area contributed by atoms with Crippen molar-refractivity contribution in [2.45, 2.75) is 45.2 Å². The number of ether oxygens (including phenoxy) is 1. The molecule has 1 aromatic carbocycles. The fraction of sp³-hybridized carbons (Fsp3) is 0.474. The van der Waals surface area contributed by atoms with Crippen molar-refractivity contribution in [2.24, 2.45) is 0 Å². The Bertz CT molecular complexity index is 746. The molecule has 7 heteroatoms. The molecule has 1 saturated heterocycles. The number of hydrogen-bond acceptors (Lipinski definition) is 6. The Hall–Kier alpha value is -2.54. The van der Waals surface area contributed by atoms with Gasteiger partial charge in [-0.1, -0.05) is 24.3 Å². The summed E-state index contributed by atoms with van der Waals surface area (Å²) >= 11 is 0. The fourth-order valence-corrected chi connectivity index (χ4v) is 3.04. The lowest BCUT2D eigenvalue weighted by Crippen LogP contribution is -2.12. The molecule has 7 nitrogen and oxygen atoms in total. The first-order valence-corrected chi connectivity index (χ1v) is 9.08. The van der Waals surface area contributed by atoms with Gasteiger partial charge in [-0.05, 0) is 60.9 Å². The topological polar surface area (TPSA) is 81.9 Å². The summed E-state index contributed by atoms with van der Waals surface area (Å²) in [5, 5.41) is 15.0. The van der Waals surface area contributed by atoms with Crippen LogP contribution < -0.4 is 5.32 Å². The highest BCUT2D eigenvalue weighted by molar-refractivity contribution is 5.87. The van der Waals surface area contributed by atoms with Gasteiger partial charge in [0, 0.05) is 18.5 Å². The van der Waals surface area contributed by atoms with E-state index in [2.05, 4.69) is 33.0 Å². The van der Waals surface area contributed by atoms with Gasteiger partial charge < -0.3 is 10.1 Å². The molecule has 1 aliphatic rings. The van der Waals surface area contributed by atoms with Crippen LogP contribution in [0.25, 0.3) is 6.08 Å². The summed E-state index contributed by atoms with van der Waals surface area (Å²) in [5.41, 5.74) is 2.28.